The topological polar surface area (TPSA) is 125 Å². The summed E-state index contributed by atoms with van der Waals surface area (Å²) in [7, 11) is -3.76. The van der Waals surface area contributed by atoms with Crippen molar-refractivity contribution < 1.29 is 17.6 Å². The molecule has 1 aliphatic rings. The number of rotatable bonds is 6. The standard InChI is InChI=1S/C29H24FN5O4S2/c30-24-12-2-3-13-25(24)35-28(37)26(18-20-9-4-5-14-32-20)40-29(35)23(19-31)27(36)33-21-10-8-11-22(17-21)41(38,39)34-15-6-1-7-16-34/h2-5,8-14,17-18H,1,6-7,15-16H2,(H,33,36). The Balaban J connectivity index is 1.60. The number of hydrogen-bond acceptors (Lipinski definition) is 7. The highest BCUT2D eigenvalue weighted by Gasteiger charge is 2.26. The Hall–Kier alpha value is -4.44. The van der Waals surface area contributed by atoms with Gasteiger partial charge in [0.2, 0.25) is 10.0 Å². The SMILES string of the molecule is N#CC(C(=O)Nc1cccc(S(=O)(=O)N2CCCCC2)c1)=c1sc(=Cc2ccccn2)c(=O)n1-c1ccccc1F. The molecule has 208 valence electrons. The molecule has 0 saturated carbocycles. The van der Waals surface area contributed by atoms with Gasteiger partial charge in [-0.25, -0.2) is 12.8 Å². The van der Waals surface area contributed by atoms with Crippen LogP contribution in [0.4, 0.5) is 10.1 Å². The zero-order valence-corrected chi connectivity index (χ0v) is 23.3. The van der Waals surface area contributed by atoms with Gasteiger partial charge in [-0.05, 0) is 61.4 Å². The smallest absolute Gasteiger partial charge is 0.273 e. The van der Waals surface area contributed by atoms with E-state index in [9.17, 15) is 27.7 Å². The lowest BCUT2D eigenvalue weighted by molar-refractivity contribution is -0.111. The van der Waals surface area contributed by atoms with E-state index in [-0.39, 0.29) is 25.5 Å². The van der Waals surface area contributed by atoms with Gasteiger partial charge in [0, 0.05) is 25.0 Å². The van der Waals surface area contributed by atoms with Crippen LogP contribution in [0.25, 0.3) is 17.3 Å². The van der Waals surface area contributed by atoms with Crippen LogP contribution in [0.15, 0.2) is 82.6 Å². The van der Waals surface area contributed by atoms with E-state index < -0.39 is 32.9 Å². The Kier molecular flexibility index (Phi) is 8.21. The van der Waals surface area contributed by atoms with Gasteiger partial charge in [0.25, 0.3) is 11.5 Å². The fourth-order valence-electron chi connectivity index (χ4n) is 4.48. The monoisotopic (exact) mass is 589 g/mol. The van der Waals surface area contributed by atoms with Crippen molar-refractivity contribution in [3.8, 4) is 11.8 Å². The van der Waals surface area contributed by atoms with Crippen molar-refractivity contribution in [3.05, 3.63) is 104 Å². The molecule has 0 aliphatic carbocycles. The van der Waals surface area contributed by atoms with Gasteiger partial charge in [0.15, 0.2) is 5.57 Å². The lowest BCUT2D eigenvalue weighted by Gasteiger charge is -2.26. The van der Waals surface area contributed by atoms with Gasteiger partial charge in [-0.1, -0.05) is 30.7 Å². The van der Waals surface area contributed by atoms with Crippen molar-refractivity contribution in [3.63, 3.8) is 0 Å². The van der Waals surface area contributed by atoms with Crippen molar-refractivity contribution in [1.29, 1.82) is 5.26 Å². The van der Waals surface area contributed by atoms with E-state index in [4.69, 9.17) is 0 Å². The lowest BCUT2D eigenvalue weighted by Crippen LogP contribution is -2.35. The van der Waals surface area contributed by atoms with E-state index in [0.717, 1.165) is 35.2 Å². The third kappa shape index (κ3) is 5.88. The highest BCUT2D eigenvalue weighted by molar-refractivity contribution is 7.89. The molecule has 3 heterocycles. The number of amides is 1. The molecule has 0 atom stereocenters. The molecular weight excluding hydrogens is 565 g/mol. The van der Waals surface area contributed by atoms with E-state index in [0.29, 0.717) is 18.8 Å². The van der Waals surface area contributed by atoms with Crippen LogP contribution < -0.4 is 20.1 Å². The summed E-state index contributed by atoms with van der Waals surface area (Å²) in [6.45, 7) is 0.851. The molecule has 9 nitrogen and oxygen atoms in total. The fourth-order valence-corrected chi connectivity index (χ4v) is 7.12. The molecule has 2 aromatic heterocycles. The Morgan fingerprint density at radius 1 is 1.05 bits per heavy atom. The quantitative estimate of drug-likeness (QED) is 0.369. The largest absolute Gasteiger partial charge is 0.321 e. The van der Waals surface area contributed by atoms with Crippen molar-refractivity contribution in [2.45, 2.75) is 24.2 Å². The Labute approximate surface area is 239 Å². The first-order chi connectivity index (χ1) is 19.8. The number of nitrogens with one attached hydrogen (secondary N) is 1. The van der Waals surface area contributed by atoms with E-state index in [2.05, 4.69) is 10.3 Å². The summed E-state index contributed by atoms with van der Waals surface area (Å²) in [4.78, 5) is 31.1. The Bertz CT molecular complexity index is 1940. The first-order valence-corrected chi connectivity index (χ1v) is 15.0. The minimum atomic E-state index is -3.76. The number of para-hydroxylation sites is 1. The third-order valence-corrected chi connectivity index (χ3v) is 9.47. The van der Waals surface area contributed by atoms with Crippen molar-refractivity contribution in [1.82, 2.24) is 13.9 Å². The van der Waals surface area contributed by atoms with E-state index in [1.165, 1.54) is 58.9 Å². The molecule has 12 heteroatoms. The Morgan fingerprint density at radius 2 is 1.80 bits per heavy atom. The summed E-state index contributed by atoms with van der Waals surface area (Å²) in [5.74, 6) is -1.60. The number of hydrogen-bond donors (Lipinski definition) is 1. The predicted octanol–water partition coefficient (Wildman–Crippen LogP) is 2.75. The Morgan fingerprint density at radius 3 is 2.51 bits per heavy atom. The van der Waals surface area contributed by atoms with Gasteiger partial charge in [-0.3, -0.25) is 19.1 Å². The van der Waals surface area contributed by atoms with Gasteiger partial charge in [-0.2, -0.15) is 9.57 Å². The maximum absolute atomic E-state index is 14.9. The number of nitriles is 1. The molecule has 2 aromatic carbocycles. The molecule has 41 heavy (non-hydrogen) atoms. The predicted molar refractivity (Wildman–Crippen MR) is 154 cm³/mol. The van der Waals surface area contributed by atoms with Crippen LogP contribution in [-0.4, -0.2) is 41.3 Å². The van der Waals surface area contributed by atoms with Crippen LogP contribution in [0.5, 0.6) is 0 Å². The molecule has 0 bridgehead atoms. The molecule has 1 saturated heterocycles. The van der Waals surface area contributed by atoms with Gasteiger partial charge in [0.05, 0.1) is 20.8 Å². The molecular formula is C29H24FN5O4S2. The highest BCUT2D eigenvalue weighted by atomic mass is 32.2. The van der Waals surface area contributed by atoms with Crippen LogP contribution in [0, 0.1) is 17.1 Å². The summed E-state index contributed by atoms with van der Waals surface area (Å²) in [6, 6.07) is 18.3. The summed E-state index contributed by atoms with van der Waals surface area (Å²) in [5, 5.41) is 12.6. The van der Waals surface area contributed by atoms with Crippen LogP contribution in [-0.2, 0) is 14.8 Å². The number of carbonyl (C=O) groups is 1. The minimum Gasteiger partial charge on any atom is -0.321 e. The van der Waals surface area contributed by atoms with Crippen LogP contribution >= 0.6 is 11.3 Å². The average molecular weight is 590 g/mol. The number of carbonyl (C=O) groups excluding carboxylic acids is 1. The number of piperidine rings is 1. The van der Waals surface area contributed by atoms with E-state index in [1.807, 2.05) is 6.07 Å². The number of halogens is 1. The third-order valence-electron chi connectivity index (χ3n) is 6.48. The lowest BCUT2D eigenvalue weighted by atomic mass is 10.2. The summed E-state index contributed by atoms with van der Waals surface area (Å²) < 4.78 is 43.6. The zero-order chi connectivity index (χ0) is 29.0. The minimum absolute atomic E-state index is 0.0161. The van der Waals surface area contributed by atoms with Crippen molar-refractivity contribution in [2.75, 3.05) is 18.4 Å². The molecule has 4 aromatic rings. The van der Waals surface area contributed by atoms with Crippen molar-refractivity contribution >= 4 is 44.6 Å². The molecule has 1 amide bonds. The van der Waals surface area contributed by atoms with Crippen LogP contribution in [0.1, 0.15) is 25.0 Å². The number of anilines is 1. The van der Waals surface area contributed by atoms with Gasteiger partial charge in [-0.15, -0.1) is 11.3 Å². The van der Waals surface area contributed by atoms with E-state index in [1.54, 1.807) is 24.4 Å². The number of nitrogens with zero attached hydrogens (tertiary/aromatic N) is 4. The van der Waals surface area contributed by atoms with E-state index >= 15 is 0 Å². The molecule has 0 radical (unpaired) electrons. The summed E-state index contributed by atoms with van der Waals surface area (Å²) in [6.07, 6.45) is 5.57. The fraction of sp³-hybridized carbons (Fsp3) is 0.172. The number of pyridine rings is 1. The first-order valence-electron chi connectivity index (χ1n) is 12.7. The van der Waals surface area contributed by atoms with Gasteiger partial charge >= 0.3 is 0 Å². The zero-order valence-electron chi connectivity index (χ0n) is 21.7. The normalized spacial score (nSPS) is 15.3. The number of sulfonamides is 1. The molecule has 0 spiro atoms. The van der Waals surface area contributed by atoms with Crippen LogP contribution in [0.3, 0.4) is 0 Å². The average Bonchev–Trinajstić information content (AvgIpc) is 3.29. The number of aromatic nitrogens is 2. The molecule has 5 rings (SSSR count). The highest BCUT2D eigenvalue weighted by Crippen LogP contribution is 2.23. The van der Waals surface area contributed by atoms with Crippen molar-refractivity contribution in [2.24, 2.45) is 0 Å². The summed E-state index contributed by atoms with van der Waals surface area (Å²) >= 11 is 0.848. The molecule has 1 N–H and O–H groups in total. The summed E-state index contributed by atoms with van der Waals surface area (Å²) in [5.41, 5.74) is -0.582. The number of thiazole rings is 1. The van der Waals surface area contributed by atoms with Gasteiger partial charge in [0.1, 0.15) is 16.5 Å². The second-order valence-electron chi connectivity index (χ2n) is 9.20. The maximum atomic E-state index is 14.9. The maximum Gasteiger partial charge on any atom is 0.273 e. The molecule has 1 fully saturated rings. The second-order valence-corrected chi connectivity index (χ2v) is 12.2. The first kappa shape index (κ1) is 28.1. The molecule has 1 aliphatic heterocycles. The number of benzene rings is 2. The van der Waals surface area contributed by atoms with Crippen LogP contribution in [0.2, 0.25) is 0 Å². The molecule has 0 unspecified atom stereocenters. The van der Waals surface area contributed by atoms with Gasteiger partial charge < -0.3 is 5.32 Å². The second kappa shape index (κ2) is 12.0.